The highest BCUT2D eigenvalue weighted by atomic mass is 32.2. The summed E-state index contributed by atoms with van der Waals surface area (Å²) in [7, 11) is -3.03. The van der Waals surface area contributed by atoms with Gasteiger partial charge in [-0.15, -0.1) is 0 Å². The molecule has 1 fully saturated rings. The van der Waals surface area contributed by atoms with Crippen molar-refractivity contribution in [2.45, 2.75) is 39.0 Å². The predicted molar refractivity (Wildman–Crippen MR) is 70.1 cm³/mol. The van der Waals surface area contributed by atoms with Crippen LogP contribution < -0.4 is 0 Å². The Morgan fingerprint density at radius 3 is 2.83 bits per heavy atom. The number of amides is 1. The standard InChI is InChI=1S/C12H20N2O3S/c1-2-18(16,17)9-8-14-12(15)10-6-4-3-5-7-11(10)13-14/h10H,2-9H2,1H3. The Hall–Kier alpha value is -0.910. The van der Waals surface area contributed by atoms with Crippen molar-refractivity contribution in [1.29, 1.82) is 0 Å². The van der Waals surface area contributed by atoms with Crippen LogP contribution in [0.4, 0.5) is 0 Å². The number of fused-ring (bicyclic) bond motifs is 1. The van der Waals surface area contributed by atoms with Crippen molar-refractivity contribution in [2.75, 3.05) is 18.1 Å². The normalized spacial score (nSPS) is 24.7. The quantitative estimate of drug-likeness (QED) is 0.772. The molecule has 1 saturated carbocycles. The lowest BCUT2D eigenvalue weighted by molar-refractivity contribution is -0.131. The van der Waals surface area contributed by atoms with E-state index in [4.69, 9.17) is 0 Å². The summed E-state index contributed by atoms with van der Waals surface area (Å²) in [4.78, 5) is 12.1. The molecule has 6 heteroatoms. The van der Waals surface area contributed by atoms with E-state index in [2.05, 4.69) is 5.10 Å². The van der Waals surface area contributed by atoms with Crippen LogP contribution in [-0.4, -0.2) is 43.1 Å². The second-order valence-electron chi connectivity index (χ2n) is 4.94. The van der Waals surface area contributed by atoms with Gasteiger partial charge in [-0.1, -0.05) is 19.8 Å². The zero-order chi connectivity index (χ0) is 13.2. The van der Waals surface area contributed by atoms with Gasteiger partial charge in [0, 0.05) is 5.75 Å². The van der Waals surface area contributed by atoms with Crippen molar-refractivity contribution in [2.24, 2.45) is 11.0 Å². The Bertz CT molecular complexity index is 456. The number of carbonyl (C=O) groups is 1. The largest absolute Gasteiger partial charge is 0.272 e. The molecule has 2 rings (SSSR count). The summed E-state index contributed by atoms with van der Waals surface area (Å²) in [5.41, 5.74) is 0.964. The third-order valence-corrected chi connectivity index (χ3v) is 5.37. The topological polar surface area (TPSA) is 66.8 Å². The molecule has 0 bridgehead atoms. The van der Waals surface area contributed by atoms with Gasteiger partial charge in [-0.25, -0.2) is 13.4 Å². The van der Waals surface area contributed by atoms with E-state index >= 15 is 0 Å². The summed E-state index contributed by atoms with van der Waals surface area (Å²) in [5.74, 6) is 0.0587. The molecule has 0 radical (unpaired) electrons. The SMILES string of the molecule is CCS(=O)(=O)CCN1N=C2CCCCCC2C1=O. The van der Waals surface area contributed by atoms with Crippen LogP contribution in [0.5, 0.6) is 0 Å². The fourth-order valence-electron chi connectivity index (χ4n) is 2.47. The van der Waals surface area contributed by atoms with Gasteiger partial charge in [0.2, 0.25) is 0 Å². The summed E-state index contributed by atoms with van der Waals surface area (Å²) >= 11 is 0. The molecule has 5 nitrogen and oxygen atoms in total. The van der Waals surface area contributed by atoms with Crippen LogP contribution in [0, 0.1) is 5.92 Å². The predicted octanol–water partition coefficient (Wildman–Crippen LogP) is 1.20. The first-order valence-corrected chi connectivity index (χ1v) is 8.45. The zero-order valence-corrected chi connectivity index (χ0v) is 11.6. The van der Waals surface area contributed by atoms with Crippen molar-refractivity contribution in [3.63, 3.8) is 0 Å². The zero-order valence-electron chi connectivity index (χ0n) is 10.8. The number of carbonyl (C=O) groups excluding carboxylic acids is 1. The molecule has 1 unspecified atom stereocenters. The second-order valence-corrected chi connectivity index (χ2v) is 7.41. The molecule has 0 spiro atoms. The van der Waals surface area contributed by atoms with E-state index in [1.165, 1.54) is 5.01 Å². The molecule has 0 aromatic heterocycles. The van der Waals surface area contributed by atoms with E-state index in [1.807, 2.05) is 0 Å². The van der Waals surface area contributed by atoms with Gasteiger partial charge >= 0.3 is 0 Å². The summed E-state index contributed by atoms with van der Waals surface area (Å²) in [6, 6.07) is 0. The molecule has 102 valence electrons. The van der Waals surface area contributed by atoms with Crippen molar-refractivity contribution >= 4 is 21.5 Å². The number of hydrazone groups is 1. The second kappa shape index (κ2) is 5.38. The summed E-state index contributed by atoms with van der Waals surface area (Å²) < 4.78 is 22.9. The van der Waals surface area contributed by atoms with Gasteiger partial charge in [0.1, 0.15) is 0 Å². The smallest absolute Gasteiger partial charge is 0.251 e. The summed E-state index contributed by atoms with van der Waals surface area (Å²) in [6.07, 6.45) is 5.06. The lowest BCUT2D eigenvalue weighted by Gasteiger charge is -2.13. The summed E-state index contributed by atoms with van der Waals surface area (Å²) in [5, 5.41) is 5.70. The lowest BCUT2D eigenvalue weighted by Crippen LogP contribution is -2.31. The van der Waals surface area contributed by atoms with Crippen LogP contribution >= 0.6 is 0 Å². The van der Waals surface area contributed by atoms with Gasteiger partial charge in [-0.2, -0.15) is 5.10 Å². The van der Waals surface area contributed by atoms with Crippen LogP contribution in [-0.2, 0) is 14.6 Å². The fourth-order valence-corrected chi connectivity index (χ4v) is 3.21. The van der Waals surface area contributed by atoms with E-state index in [-0.39, 0.29) is 29.9 Å². The average Bonchev–Trinajstić information content (AvgIpc) is 2.54. The van der Waals surface area contributed by atoms with Gasteiger partial charge in [-0.3, -0.25) is 4.79 Å². The van der Waals surface area contributed by atoms with Gasteiger partial charge in [-0.05, 0) is 19.3 Å². The Morgan fingerprint density at radius 1 is 1.33 bits per heavy atom. The highest BCUT2D eigenvalue weighted by Gasteiger charge is 2.36. The number of hydrogen-bond donors (Lipinski definition) is 0. The van der Waals surface area contributed by atoms with Crippen molar-refractivity contribution < 1.29 is 13.2 Å². The third kappa shape index (κ3) is 2.91. The van der Waals surface area contributed by atoms with Crippen molar-refractivity contribution in [1.82, 2.24) is 5.01 Å². The molecule has 0 N–H and O–H groups in total. The lowest BCUT2D eigenvalue weighted by atomic mass is 9.98. The molecule has 1 aliphatic heterocycles. The van der Waals surface area contributed by atoms with E-state index in [1.54, 1.807) is 6.92 Å². The van der Waals surface area contributed by atoms with Crippen LogP contribution in [0.15, 0.2) is 5.10 Å². The maximum absolute atomic E-state index is 12.1. The van der Waals surface area contributed by atoms with Crippen LogP contribution in [0.2, 0.25) is 0 Å². The van der Waals surface area contributed by atoms with Gasteiger partial charge < -0.3 is 0 Å². The van der Waals surface area contributed by atoms with Crippen LogP contribution in [0.3, 0.4) is 0 Å². The van der Waals surface area contributed by atoms with Gasteiger partial charge in [0.15, 0.2) is 9.84 Å². The van der Waals surface area contributed by atoms with Crippen molar-refractivity contribution in [3.8, 4) is 0 Å². The molecule has 0 aromatic rings. The number of hydrogen-bond acceptors (Lipinski definition) is 4. The van der Waals surface area contributed by atoms with E-state index in [0.717, 1.165) is 37.8 Å². The minimum Gasteiger partial charge on any atom is -0.272 e. The van der Waals surface area contributed by atoms with Crippen molar-refractivity contribution in [3.05, 3.63) is 0 Å². The molecule has 1 aliphatic carbocycles. The fraction of sp³-hybridized carbons (Fsp3) is 0.833. The monoisotopic (exact) mass is 272 g/mol. The molecule has 1 amide bonds. The first kappa shape index (κ1) is 13.5. The summed E-state index contributed by atoms with van der Waals surface area (Å²) in [6.45, 7) is 1.83. The Kier molecular flexibility index (Phi) is 4.04. The highest BCUT2D eigenvalue weighted by Crippen LogP contribution is 2.27. The molecule has 1 heterocycles. The average molecular weight is 272 g/mol. The molecule has 18 heavy (non-hydrogen) atoms. The van der Waals surface area contributed by atoms with Crippen LogP contribution in [0.1, 0.15) is 39.0 Å². The molecule has 2 aliphatic rings. The Morgan fingerprint density at radius 2 is 2.11 bits per heavy atom. The number of rotatable bonds is 4. The maximum Gasteiger partial charge on any atom is 0.251 e. The van der Waals surface area contributed by atoms with Crippen LogP contribution in [0.25, 0.3) is 0 Å². The van der Waals surface area contributed by atoms with Gasteiger partial charge in [0.05, 0.1) is 23.9 Å². The van der Waals surface area contributed by atoms with E-state index in [9.17, 15) is 13.2 Å². The third-order valence-electron chi connectivity index (χ3n) is 3.68. The van der Waals surface area contributed by atoms with E-state index < -0.39 is 9.84 Å². The first-order chi connectivity index (χ1) is 8.53. The van der Waals surface area contributed by atoms with Gasteiger partial charge in [0.25, 0.3) is 5.91 Å². The Labute approximate surface area is 108 Å². The number of nitrogens with zero attached hydrogens (tertiary/aromatic N) is 2. The number of sulfone groups is 1. The minimum absolute atomic E-state index is 0.00166. The molecular formula is C12H20N2O3S. The van der Waals surface area contributed by atoms with E-state index in [0.29, 0.717) is 0 Å². The Balaban J connectivity index is 2.01. The molecule has 1 atom stereocenters. The molecule has 0 saturated heterocycles. The molecule has 0 aromatic carbocycles. The minimum atomic E-state index is -3.03. The highest BCUT2D eigenvalue weighted by molar-refractivity contribution is 7.91. The first-order valence-electron chi connectivity index (χ1n) is 6.62. The molecular weight excluding hydrogens is 252 g/mol. The maximum atomic E-state index is 12.1.